The lowest BCUT2D eigenvalue weighted by Gasteiger charge is -2.09. The van der Waals surface area contributed by atoms with Crippen molar-refractivity contribution in [3.63, 3.8) is 0 Å². The number of aromatic nitrogens is 5. The van der Waals surface area contributed by atoms with Gasteiger partial charge in [0, 0.05) is 12.2 Å². The Labute approximate surface area is 161 Å². The fourth-order valence-corrected chi connectivity index (χ4v) is 3.28. The molecule has 1 fully saturated rings. The molecule has 0 spiro atoms. The van der Waals surface area contributed by atoms with Crippen LogP contribution < -0.4 is 10.1 Å². The molecule has 0 saturated heterocycles. The summed E-state index contributed by atoms with van der Waals surface area (Å²) in [7, 11) is 1.61. The number of hydrogen-bond donors (Lipinski definition) is 2. The van der Waals surface area contributed by atoms with Gasteiger partial charge in [-0.3, -0.25) is 14.5 Å². The number of aromatic amines is 1. The van der Waals surface area contributed by atoms with E-state index in [9.17, 15) is 4.79 Å². The van der Waals surface area contributed by atoms with E-state index in [0.717, 1.165) is 29.9 Å². The Morgan fingerprint density at radius 2 is 2.22 bits per heavy atom. The first-order valence-corrected chi connectivity index (χ1v) is 9.12. The highest BCUT2D eigenvalue weighted by Gasteiger charge is 2.27. The number of rotatable bonds is 6. The number of nitrogens with zero attached hydrogens (tertiary/aromatic N) is 4. The summed E-state index contributed by atoms with van der Waals surface area (Å²) in [6, 6.07) is 7.88. The van der Waals surface area contributed by atoms with E-state index in [0.29, 0.717) is 28.8 Å². The monoisotopic (exact) mass is 384 g/mol. The predicted octanol–water partition coefficient (Wildman–Crippen LogP) is 2.71. The van der Waals surface area contributed by atoms with Crippen LogP contribution >= 0.6 is 12.2 Å². The third-order valence-corrected chi connectivity index (χ3v) is 4.79. The third-order valence-electron chi connectivity index (χ3n) is 4.50. The molecule has 0 unspecified atom stereocenters. The third kappa shape index (κ3) is 3.50. The summed E-state index contributed by atoms with van der Waals surface area (Å²) in [5.74, 6) is 1.16. The van der Waals surface area contributed by atoms with Gasteiger partial charge in [0.25, 0.3) is 5.91 Å². The molecule has 8 nitrogen and oxygen atoms in total. The molecule has 2 N–H and O–H groups in total. The number of benzene rings is 1. The minimum absolute atomic E-state index is 0.267. The summed E-state index contributed by atoms with van der Waals surface area (Å²) in [4.78, 5) is 12.5. The topological polar surface area (TPSA) is 89.8 Å². The molecule has 1 aromatic carbocycles. The van der Waals surface area contributed by atoms with Gasteiger partial charge in [-0.1, -0.05) is 6.07 Å². The zero-order valence-corrected chi connectivity index (χ0v) is 15.9. The van der Waals surface area contributed by atoms with Crippen LogP contribution in [0.5, 0.6) is 5.75 Å². The smallest absolute Gasteiger partial charge is 0.272 e. The van der Waals surface area contributed by atoms with Gasteiger partial charge in [0.15, 0.2) is 16.3 Å². The van der Waals surface area contributed by atoms with Gasteiger partial charge in [0.2, 0.25) is 0 Å². The van der Waals surface area contributed by atoms with E-state index >= 15 is 0 Å². The summed E-state index contributed by atoms with van der Waals surface area (Å²) in [5.41, 5.74) is 2.19. The summed E-state index contributed by atoms with van der Waals surface area (Å²) >= 11 is 5.26. The van der Waals surface area contributed by atoms with Crippen LogP contribution in [0.3, 0.4) is 0 Å². The van der Waals surface area contributed by atoms with Crippen molar-refractivity contribution in [3.05, 3.63) is 52.3 Å². The van der Waals surface area contributed by atoms with Gasteiger partial charge in [-0.25, -0.2) is 4.68 Å². The highest BCUT2D eigenvalue weighted by atomic mass is 32.1. The Kier molecular flexibility index (Phi) is 4.53. The summed E-state index contributed by atoms with van der Waals surface area (Å²) in [6.07, 6.45) is 3.93. The maximum atomic E-state index is 12.5. The number of nitrogens with one attached hydrogen (secondary N) is 2. The van der Waals surface area contributed by atoms with E-state index in [4.69, 9.17) is 17.0 Å². The number of methoxy groups -OCH3 is 1. The number of hydrogen-bond acceptors (Lipinski definition) is 5. The first-order valence-electron chi connectivity index (χ1n) is 8.71. The predicted molar refractivity (Wildman–Crippen MR) is 102 cm³/mol. The van der Waals surface area contributed by atoms with Crippen LogP contribution in [0, 0.1) is 11.7 Å². The standard InChI is InChI=1S/C18H20N6O2S/c1-11-3-6-15(26-2)14(9-11)23-8-7-13(22-23)17(25)19-10-16-20-21-18(27)24(16)12-4-5-12/h3,6-9,12H,4-5,10H2,1-2H3,(H,19,25)(H,21,27). The maximum Gasteiger partial charge on any atom is 0.272 e. The second-order valence-electron chi connectivity index (χ2n) is 6.55. The molecule has 0 atom stereocenters. The second-order valence-corrected chi connectivity index (χ2v) is 6.94. The van der Waals surface area contributed by atoms with E-state index in [1.54, 1.807) is 24.1 Å². The van der Waals surface area contributed by atoms with Crippen LogP contribution in [0.25, 0.3) is 5.69 Å². The van der Waals surface area contributed by atoms with E-state index in [1.165, 1.54) is 0 Å². The van der Waals surface area contributed by atoms with Gasteiger partial charge in [-0.15, -0.1) is 0 Å². The summed E-state index contributed by atoms with van der Waals surface area (Å²) in [6.45, 7) is 2.29. The van der Waals surface area contributed by atoms with Crippen molar-refractivity contribution in [1.29, 1.82) is 0 Å². The number of H-pyrrole nitrogens is 1. The van der Waals surface area contributed by atoms with E-state index in [-0.39, 0.29) is 5.91 Å². The van der Waals surface area contributed by atoms with Crippen molar-refractivity contribution in [3.8, 4) is 11.4 Å². The molecule has 2 heterocycles. The molecule has 2 aromatic heterocycles. The van der Waals surface area contributed by atoms with Crippen molar-refractivity contribution in [2.45, 2.75) is 32.4 Å². The van der Waals surface area contributed by atoms with Crippen molar-refractivity contribution in [1.82, 2.24) is 29.9 Å². The number of aryl methyl sites for hydroxylation is 1. The molecule has 140 valence electrons. The fourth-order valence-electron chi connectivity index (χ4n) is 2.98. The van der Waals surface area contributed by atoms with Crippen LogP contribution in [0.1, 0.15) is 40.8 Å². The molecule has 1 amide bonds. The molecule has 9 heteroatoms. The number of amides is 1. The molecule has 0 radical (unpaired) electrons. The molecular weight excluding hydrogens is 364 g/mol. The highest BCUT2D eigenvalue weighted by molar-refractivity contribution is 7.71. The Bertz CT molecular complexity index is 1050. The van der Waals surface area contributed by atoms with Gasteiger partial charge in [-0.05, 0) is 55.7 Å². The molecule has 1 aliphatic rings. The number of ether oxygens (including phenoxy) is 1. The van der Waals surface area contributed by atoms with Gasteiger partial charge in [0.05, 0.1) is 13.7 Å². The van der Waals surface area contributed by atoms with Crippen LogP contribution in [-0.2, 0) is 6.54 Å². The average molecular weight is 384 g/mol. The summed E-state index contributed by atoms with van der Waals surface area (Å²) < 4.78 is 9.60. The van der Waals surface area contributed by atoms with E-state index in [2.05, 4.69) is 20.6 Å². The van der Waals surface area contributed by atoms with E-state index in [1.807, 2.05) is 29.7 Å². The molecule has 1 saturated carbocycles. The number of carbonyl (C=O) groups is 1. The zero-order valence-electron chi connectivity index (χ0n) is 15.1. The molecule has 0 aliphatic heterocycles. The maximum absolute atomic E-state index is 12.5. The van der Waals surface area contributed by atoms with Crippen molar-refractivity contribution in [2.75, 3.05) is 7.11 Å². The Morgan fingerprint density at radius 3 is 2.96 bits per heavy atom. The Morgan fingerprint density at radius 1 is 1.41 bits per heavy atom. The Hall–Kier alpha value is -2.94. The van der Waals surface area contributed by atoms with Crippen LogP contribution in [-0.4, -0.2) is 37.6 Å². The SMILES string of the molecule is COc1ccc(C)cc1-n1ccc(C(=O)NCc2n[nH]c(=S)n2C2CC2)n1. The minimum atomic E-state index is -0.267. The second kappa shape index (κ2) is 6.99. The zero-order chi connectivity index (χ0) is 19.0. The van der Waals surface area contributed by atoms with Gasteiger partial charge < -0.3 is 10.1 Å². The highest BCUT2D eigenvalue weighted by Crippen LogP contribution is 2.35. The fraction of sp³-hybridized carbons (Fsp3) is 0.333. The van der Waals surface area contributed by atoms with Crippen LogP contribution in [0.15, 0.2) is 30.5 Å². The van der Waals surface area contributed by atoms with E-state index < -0.39 is 0 Å². The molecule has 27 heavy (non-hydrogen) atoms. The molecule has 0 bridgehead atoms. The normalized spacial score (nSPS) is 13.6. The lowest BCUT2D eigenvalue weighted by atomic mass is 10.2. The van der Waals surface area contributed by atoms with Crippen molar-refractivity contribution >= 4 is 18.1 Å². The minimum Gasteiger partial charge on any atom is -0.494 e. The van der Waals surface area contributed by atoms with Crippen molar-refractivity contribution < 1.29 is 9.53 Å². The lowest BCUT2D eigenvalue weighted by Crippen LogP contribution is -2.25. The number of carbonyl (C=O) groups excluding carboxylic acids is 1. The first-order chi connectivity index (χ1) is 13.1. The molecular formula is C18H20N6O2S. The van der Waals surface area contributed by atoms with Gasteiger partial charge in [0.1, 0.15) is 11.4 Å². The quantitative estimate of drug-likeness (QED) is 0.638. The van der Waals surface area contributed by atoms with Gasteiger partial charge >= 0.3 is 0 Å². The molecule has 3 aromatic rings. The molecule has 1 aliphatic carbocycles. The largest absolute Gasteiger partial charge is 0.494 e. The average Bonchev–Trinajstić information content (AvgIpc) is 3.25. The lowest BCUT2D eigenvalue weighted by molar-refractivity contribution is 0.0944. The van der Waals surface area contributed by atoms with Gasteiger partial charge in [-0.2, -0.15) is 10.2 Å². The first kappa shape index (κ1) is 17.5. The Balaban J connectivity index is 1.50. The van der Waals surface area contributed by atoms with Crippen LogP contribution in [0.4, 0.5) is 0 Å². The molecule has 4 rings (SSSR count). The van der Waals surface area contributed by atoms with Crippen molar-refractivity contribution in [2.24, 2.45) is 0 Å². The van der Waals surface area contributed by atoms with Crippen LogP contribution in [0.2, 0.25) is 0 Å². The summed E-state index contributed by atoms with van der Waals surface area (Å²) in [5, 5.41) is 14.3.